The minimum absolute atomic E-state index is 0.197. The minimum Gasteiger partial charge on any atom is -0.324 e. The number of hydrogen-bond acceptors (Lipinski definition) is 2. The summed E-state index contributed by atoms with van der Waals surface area (Å²) >= 11 is 7.86. The molecule has 2 nitrogen and oxygen atoms in total. The number of rotatable bonds is 4. The lowest BCUT2D eigenvalue weighted by Crippen LogP contribution is -2.26. The Morgan fingerprint density at radius 3 is 2.95 bits per heavy atom. The second kappa shape index (κ2) is 6.57. The molecule has 1 aromatic heterocycles. The van der Waals surface area contributed by atoms with Crippen molar-refractivity contribution in [1.82, 2.24) is 9.55 Å². The van der Waals surface area contributed by atoms with Gasteiger partial charge in [0.1, 0.15) is 11.6 Å². The van der Waals surface area contributed by atoms with Gasteiger partial charge in [-0.15, -0.1) is 11.6 Å². The third kappa shape index (κ3) is 2.93. The van der Waals surface area contributed by atoms with Gasteiger partial charge in [0.05, 0.1) is 11.0 Å². The number of nitrogens with zero attached hydrogens (tertiary/aromatic N) is 2. The molecule has 1 aliphatic carbocycles. The standard InChI is InChI=1S/C16H20ClFN2S/c1-21-15-5-3-2-4-13(15)20-14-10-11(18)6-7-12(14)19-16(20)8-9-17/h6-7,10,13,15H,2-5,8-9H2,1H3. The van der Waals surface area contributed by atoms with Crippen LogP contribution in [0.1, 0.15) is 37.5 Å². The van der Waals surface area contributed by atoms with Gasteiger partial charge in [-0.2, -0.15) is 11.8 Å². The maximum absolute atomic E-state index is 13.7. The number of thioether (sulfide) groups is 1. The van der Waals surface area contributed by atoms with Gasteiger partial charge in [0.25, 0.3) is 0 Å². The molecular formula is C16H20ClFN2S. The maximum Gasteiger partial charge on any atom is 0.125 e. The van der Waals surface area contributed by atoms with Crippen molar-refractivity contribution in [3.8, 4) is 0 Å². The highest BCUT2D eigenvalue weighted by atomic mass is 35.5. The van der Waals surface area contributed by atoms with Crippen LogP contribution in [0.15, 0.2) is 18.2 Å². The van der Waals surface area contributed by atoms with Gasteiger partial charge in [0.15, 0.2) is 0 Å². The van der Waals surface area contributed by atoms with Gasteiger partial charge in [-0.3, -0.25) is 0 Å². The number of aromatic nitrogens is 2. The molecule has 114 valence electrons. The van der Waals surface area contributed by atoms with Crippen LogP contribution in [0.4, 0.5) is 4.39 Å². The van der Waals surface area contributed by atoms with Gasteiger partial charge >= 0.3 is 0 Å². The van der Waals surface area contributed by atoms with Crippen LogP contribution >= 0.6 is 23.4 Å². The molecule has 21 heavy (non-hydrogen) atoms. The van der Waals surface area contributed by atoms with Crippen molar-refractivity contribution in [1.29, 1.82) is 0 Å². The molecule has 0 spiro atoms. The Kier molecular flexibility index (Phi) is 4.75. The van der Waals surface area contributed by atoms with Gasteiger partial charge in [-0.1, -0.05) is 12.8 Å². The fourth-order valence-electron chi connectivity index (χ4n) is 3.39. The Balaban J connectivity index is 2.13. The Morgan fingerprint density at radius 2 is 2.19 bits per heavy atom. The predicted molar refractivity (Wildman–Crippen MR) is 88.9 cm³/mol. The van der Waals surface area contributed by atoms with Crippen LogP contribution in [0.5, 0.6) is 0 Å². The molecule has 0 amide bonds. The lowest BCUT2D eigenvalue weighted by atomic mass is 9.94. The second-order valence-corrected chi connectivity index (χ2v) is 7.05. The van der Waals surface area contributed by atoms with Crippen LogP contribution in [0, 0.1) is 5.82 Å². The van der Waals surface area contributed by atoms with Crippen molar-refractivity contribution in [2.24, 2.45) is 0 Å². The van der Waals surface area contributed by atoms with Crippen molar-refractivity contribution in [3.05, 3.63) is 29.8 Å². The smallest absolute Gasteiger partial charge is 0.125 e. The number of halogens is 2. The normalized spacial score (nSPS) is 22.8. The summed E-state index contributed by atoms with van der Waals surface area (Å²) in [5, 5.41) is 0.577. The predicted octanol–water partition coefficient (Wildman–Crippen LogP) is 4.80. The molecule has 1 fully saturated rings. The Morgan fingerprint density at radius 1 is 1.38 bits per heavy atom. The monoisotopic (exact) mass is 326 g/mol. The van der Waals surface area contributed by atoms with Gasteiger partial charge in [-0.05, 0) is 37.3 Å². The minimum atomic E-state index is -0.197. The van der Waals surface area contributed by atoms with Crippen LogP contribution in [0.3, 0.4) is 0 Å². The first-order valence-electron chi connectivity index (χ1n) is 7.49. The highest BCUT2D eigenvalue weighted by molar-refractivity contribution is 7.99. The Bertz CT molecular complexity index is 628. The van der Waals surface area contributed by atoms with Crippen LogP contribution in [-0.2, 0) is 6.42 Å². The number of benzene rings is 1. The molecule has 5 heteroatoms. The Hall–Kier alpha value is -0.740. The third-order valence-electron chi connectivity index (χ3n) is 4.34. The average molecular weight is 327 g/mol. The molecule has 3 rings (SSSR count). The molecule has 2 atom stereocenters. The van der Waals surface area contributed by atoms with Crippen LogP contribution in [-0.4, -0.2) is 26.9 Å². The highest BCUT2D eigenvalue weighted by Gasteiger charge is 2.29. The summed E-state index contributed by atoms with van der Waals surface area (Å²) in [5.41, 5.74) is 1.79. The van der Waals surface area contributed by atoms with E-state index in [-0.39, 0.29) is 5.82 Å². The van der Waals surface area contributed by atoms with E-state index in [2.05, 4.69) is 10.8 Å². The zero-order valence-electron chi connectivity index (χ0n) is 12.2. The molecule has 2 unspecified atom stereocenters. The van der Waals surface area contributed by atoms with Gasteiger partial charge < -0.3 is 4.57 Å². The summed E-state index contributed by atoms with van der Waals surface area (Å²) in [6.45, 7) is 0. The van der Waals surface area contributed by atoms with Crippen molar-refractivity contribution in [2.75, 3.05) is 12.1 Å². The summed E-state index contributed by atoms with van der Waals surface area (Å²) in [4.78, 5) is 4.69. The van der Waals surface area contributed by atoms with E-state index in [1.807, 2.05) is 11.8 Å². The van der Waals surface area contributed by atoms with E-state index in [0.29, 0.717) is 17.2 Å². The molecule has 0 radical (unpaired) electrons. The molecular weight excluding hydrogens is 307 g/mol. The Labute approximate surface area is 134 Å². The zero-order chi connectivity index (χ0) is 14.8. The molecule has 0 saturated heterocycles. The average Bonchev–Trinajstić information content (AvgIpc) is 2.84. The van der Waals surface area contributed by atoms with Crippen LogP contribution in [0.25, 0.3) is 11.0 Å². The number of fused-ring (bicyclic) bond motifs is 1. The first-order chi connectivity index (χ1) is 10.2. The molecule has 1 saturated carbocycles. The third-order valence-corrected chi connectivity index (χ3v) is 5.69. The SMILES string of the molecule is CSC1CCCCC1n1c(CCCl)nc2ccc(F)cc21. The highest BCUT2D eigenvalue weighted by Crippen LogP contribution is 2.38. The fourth-order valence-corrected chi connectivity index (χ4v) is 4.54. The first-order valence-corrected chi connectivity index (χ1v) is 9.32. The van der Waals surface area contributed by atoms with E-state index < -0.39 is 0 Å². The van der Waals surface area contributed by atoms with E-state index in [9.17, 15) is 4.39 Å². The molecule has 0 bridgehead atoms. The number of alkyl halides is 1. The number of hydrogen-bond donors (Lipinski definition) is 0. The number of imidazole rings is 1. The zero-order valence-corrected chi connectivity index (χ0v) is 13.8. The topological polar surface area (TPSA) is 17.8 Å². The van der Waals surface area contributed by atoms with E-state index in [1.165, 1.54) is 25.3 Å². The van der Waals surface area contributed by atoms with Crippen molar-refractivity contribution in [2.45, 2.75) is 43.4 Å². The van der Waals surface area contributed by atoms with Crippen molar-refractivity contribution in [3.63, 3.8) is 0 Å². The lowest BCUT2D eigenvalue weighted by Gasteiger charge is -2.33. The van der Waals surface area contributed by atoms with E-state index in [1.54, 1.807) is 12.1 Å². The lowest BCUT2D eigenvalue weighted by molar-refractivity contribution is 0.364. The molecule has 1 heterocycles. The van der Waals surface area contributed by atoms with Crippen molar-refractivity contribution >= 4 is 34.4 Å². The first kappa shape index (κ1) is 15.2. The summed E-state index contributed by atoms with van der Waals surface area (Å²) in [6, 6.07) is 5.28. The maximum atomic E-state index is 13.7. The van der Waals surface area contributed by atoms with E-state index in [4.69, 9.17) is 16.6 Å². The molecule has 1 aromatic carbocycles. The molecule has 1 aliphatic rings. The quantitative estimate of drug-likeness (QED) is 0.751. The second-order valence-electron chi connectivity index (χ2n) is 5.60. The summed E-state index contributed by atoms with van der Waals surface area (Å²) < 4.78 is 16.0. The largest absolute Gasteiger partial charge is 0.324 e. The molecule has 0 N–H and O–H groups in total. The molecule has 2 aromatic rings. The van der Waals surface area contributed by atoms with Gasteiger partial charge in [-0.25, -0.2) is 9.37 Å². The van der Waals surface area contributed by atoms with E-state index in [0.717, 1.165) is 29.7 Å². The number of aryl methyl sites for hydroxylation is 1. The summed E-state index contributed by atoms with van der Waals surface area (Å²) in [7, 11) is 0. The summed E-state index contributed by atoms with van der Waals surface area (Å²) in [6.07, 6.45) is 7.79. The molecule has 0 aliphatic heterocycles. The fraction of sp³-hybridized carbons (Fsp3) is 0.562. The van der Waals surface area contributed by atoms with Gasteiger partial charge in [0, 0.05) is 23.6 Å². The van der Waals surface area contributed by atoms with Gasteiger partial charge in [0.2, 0.25) is 0 Å². The van der Waals surface area contributed by atoms with Crippen LogP contribution in [0.2, 0.25) is 0 Å². The van der Waals surface area contributed by atoms with Crippen LogP contribution < -0.4 is 0 Å². The van der Waals surface area contributed by atoms with E-state index >= 15 is 0 Å². The summed E-state index contributed by atoms with van der Waals surface area (Å²) in [5.74, 6) is 1.34. The van der Waals surface area contributed by atoms with Crippen molar-refractivity contribution < 1.29 is 4.39 Å².